The first-order valence-electron chi connectivity index (χ1n) is 7.60. The number of nitrogens with one attached hydrogen (secondary N) is 1. The van der Waals surface area contributed by atoms with Crippen molar-refractivity contribution in [3.63, 3.8) is 0 Å². The van der Waals surface area contributed by atoms with Gasteiger partial charge in [0.2, 0.25) is 0 Å². The number of halogens is 1. The monoisotopic (exact) mass is 312 g/mol. The fourth-order valence-corrected chi connectivity index (χ4v) is 3.17. The minimum Gasteiger partial charge on any atom is -0.467 e. The van der Waals surface area contributed by atoms with Crippen molar-refractivity contribution in [3.8, 4) is 6.01 Å². The maximum atomic E-state index is 13.6. The van der Waals surface area contributed by atoms with E-state index in [4.69, 9.17) is 4.74 Å². The summed E-state index contributed by atoms with van der Waals surface area (Å²) in [5.41, 5.74) is 4.32. The highest BCUT2D eigenvalue weighted by Crippen LogP contribution is 2.28. The van der Waals surface area contributed by atoms with Crippen LogP contribution in [0.2, 0.25) is 0 Å². The van der Waals surface area contributed by atoms with Crippen LogP contribution in [0.25, 0.3) is 10.9 Å². The third-order valence-corrected chi connectivity index (χ3v) is 4.28. The van der Waals surface area contributed by atoms with Crippen LogP contribution in [0.1, 0.15) is 17.0 Å². The van der Waals surface area contributed by atoms with Crippen molar-refractivity contribution in [2.45, 2.75) is 19.5 Å². The lowest BCUT2D eigenvalue weighted by Gasteiger charge is -2.26. The van der Waals surface area contributed by atoms with Gasteiger partial charge in [0.1, 0.15) is 5.82 Å². The fraction of sp³-hybridized carbons (Fsp3) is 0.294. The summed E-state index contributed by atoms with van der Waals surface area (Å²) < 4.78 is 18.6. The molecule has 0 unspecified atom stereocenters. The molecule has 23 heavy (non-hydrogen) atoms. The van der Waals surface area contributed by atoms with Crippen LogP contribution in [0.5, 0.6) is 6.01 Å². The van der Waals surface area contributed by atoms with E-state index < -0.39 is 0 Å². The molecule has 5 nitrogen and oxygen atoms in total. The van der Waals surface area contributed by atoms with Crippen LogP contribution in [0, 0.1) is 5.82 Å². The van der Waals surface area contributed by atoms with Gasteiger partial charge < -0.3 is 9.72 Å². The highest BCUT2D eigenvalue weighted by Gasteiger charge is 2.21. The average Bonchev–Trinajstić information content (AvgIpc) is 2.92. The number of ether oxygens (including phenoxy) is 1. The highest BCUT2D eigenvalue weighted by atomic mass is 19.1. The van der Waals surface area contributed by atoms with Crippen molar-refractivity contribution in [3.05, 3.63) is 53.2 Å². The van der Waals surface area contributed by atoms with Crippen LogP contribution in [-0.4, -0.2) is 33.5 Å². The predicted molar refractivity (Wildman–Crippen MR) is 84.7 cm³/mol. The summed E-state index contributed by atoms with van der Waals surface area (Å²) in [6, 6.07) is 7.20. The minimum atomic E-state index is -0.197. The summed E-state index contributed by atoms with van der Waals surface area (Å²) in [6.45, 7) is 2.44. The molecule has 0 radical (unpaired) electrons. The molecule has 1 aliphatic rings. The maximum absolute atomic E-state index is 13.6. The van der Waals surface area contributed by atoms with Crippen LogP contribution in [0.4, 0.5) is 4.39 Å². The van der Waals surface area contributed by atoms with Gasteiger partial charge in [-0.3, -0.25) is 4.90 Å². The quantitative estimate of drug-likeness (QED) is 0.808. The standard InChI is InChI=1S/C17H17FN4O/c1-23-17-19-6-4-12(20-17)9-22-7-5-16-14(10-22)13-8-11(18)2-3-15(13)21-16/h2-4,6,8,21H,5,7,9-10H2,1H3. The van der Waals surface area contributed by atoms with E-state index in [2.05, 4.69) is 19.9 Å². The first-order valence-corrected chi connectivity index (χ1v) is 7.60. The van der Waals surface area contributed by atoms with Crippen molar-refractivity contribution in [2.24, 2.45) is 0 Å². The lowest BCUT2D eigenvalue weighted by atomic mass is 10.0. The minimum absolute atomic E-state index is 0.197. The second-order valence-electron chi connectivity index (χ2n) is 5.77. The molecule has 6 heteroatoms. The maximum Gasteiger partial charge on any atom is 0.316 e. The number of aromatic nitrogens is 3. The van der Waals surface area contributed by atoms with Crippen molar-refractivity contribution >= 4 is 10.9 Å². The highest BCUT2D eigenvalue weighted by molar-refractivity contribution is 5.84. The third-order valence-electron chi connectivity index (χ3n) is 4.28. The summed E-state index contributed by atoms with van der Waals surface area (Å²) in [6.07, 6.45) is 2.63. The molecule has 1 N–H and O–H groups in total. The molecule has 0 saturated heterocycles. The predicted octanol–water partition coefficient (Wildman–Crippen LogP) is 2.66. The molecule has 0 fully saturated rings. The Morgan fingerprint density at radius 2 is 2.26 bits per heavy atom. The third kappa shape index (κ3) is 2.66. The Kier molecular flexibility index (Phi) is 3.46. The van der Waals surface area contributed by atoms with Gasteiger partial charge in [-0.2, -0.15) is 4.98 Å². The summed E-state index contributed by atoms with van der Waals surface area (Å²) in [5.74, 6) is -0.197. The molecule has 3 heterocycles. The zero-order valence-corrected chi connectivity index (χ0v) is 12.8. The summed E-state index contributed by atoms with van der Waals surface area (Å²) in [4.78, 5) is 14.1. The SMILES string of the molecule is COc1nccc(CN2CCc3[nH]c4ccc(F)cc4c3C2)n1. The van der Waals surface area contributed by atoms with Gasteiger partial charge in [-0.1, -0.05) is 0 Å². The van der Waals surface area contributed by atoms with Gasteiger partial charge in [0.05, 0.1) is 12.8 Å². The molecule has 2 aromatic heterocycles. The van der Waals surface area contributed by atoms with Crippen LogP contribution < -0.4 is 4.74 Å². The first-order chi connectivity index (χ1) is 11.2. The van der Waals surface area contributed by atoms with Crippen LogP contribution in [0.15, 0.2) is 30.5 Å². The molecular weight excluding hydrogens is 295 g/mol. The molecular formula is C17H17FN4O. The van der Waals surface area contributed by atoms with E-state index in [1.807, 2.05) is 12.1 Å². The second kappa shape index (κ2) is 5.62. The number of hydrogen-bond donors (Lipinski definition) is 1. The largest absolute Gasteiger partial charge is 0.467 e. The molecule has 0 spiro atoms. The molecule has 118 valence electrons. The number of nitrogens with zero attached hydrogens (tertiary/aromatic N) is 3. The molecule has 0 aliphatic carbocycles. The summed E-state index contributed by atoms with van der Waals surface area (Å²) >= 11 is 0. The Bertz CT molecular complexity index is 861. The van der Waals surface area contributed by atoms with E-state index in [0.717, 1.165) is 42.7 Å². The number of rotatable bonds is 3. The zero-order valence-electron chi connectivity index (χ0n) is 12.8. The van der Waals surface area contributed by atoms with Gasteiger partial charge in [-0.25, -0.2) is 9.37 Å². The first kappa shape index (κ1) is 14.1. The van der Waals surface area contributed by atoms with E-state index in [-0.39, 0.29) is 5.82 Å². The van der Waals surface area contributed by atoms with Gasteiger partial charge in [0.25, 0.3) is 0 Å². The van der Waals surface area contributed by atoms with Crippen LogP contribution in [0.3, 0.4) is 0 Å². The number of methoxy groups -OCH3 is 1. The smallest absolute Gasteiger partial charge is 0.316 e. The second-order valence-corrected chi connectivity index (χ2v) is 5.77. The Balaban J connectivity index is 1.60. The van der Waals surface area contributed by atoms with E-state index in [1.165, 1.54) is 17.3 Å². The van der Waals surface area contributed by atoms with Gasteiger partial charge in [-0.05, 0) is 29.8 Å². The van der Waals surface area contributed by atoms with Gasteiger partial charge in [0.15, 0.2) is 0 Å². The van der Waals surface area contributed by atoms with E-state index >= 15 is 0 Å². The Hall–Kier alpha value is -2.47. The summed E-state index contributed by atoms with van der Waals surface area (Å²) in [7, 11) is 1.56. The molecule has 0 bridgehead atoms. The van der Waals surface area contributed by atoms with Crippen LogP contribution >= 0.6 is 0 Å². The van der Waals surface area contributed by atoms with Gasteiger partial charge in [0, 0.05) is 48.8 Å². The number of hydrogen-bond acceptors (Lipinski definition) is 4. The zero-order chi connectivity index (χ0) is 15.8. The topological polar surface area (TPSA) is 54.0 Å². The van der Waals surface area contributed by atoms with E-state index in [9.17, 15) is 4.39 Å². The Labute approximate surface area is 133 Å². The van der Waals surface area contributed by atoms with Crippen molar-refractivity contribution in [1.29, 1.82) is 0 Å². The van der Waals surface area contributed by atoms with Crippen LogP contribution in [-0.2, 0) is 19.5 Å². The summed E-state index contributed by atoms with van der Waals surface area (Å²) in [5, 5.41) is 0.977. The molecule has 1 aliphatic heterocycles. The van der Waals surface area contributed by atoms with E-state index in [0.29, 0.717) is 6.01 Å². The molecule has 3 aromatic rings. The molecule has 1 aromatic carbocycles. The normalized spacial score (nSPS) is 14.9. The molecule has 0 amide bonds. The number of benzene rings is 1. The van der Waals surface area contributed by atoms with Gasteiger partial charge in [-0.15, -0.1) is 0 Å². The Morgan fingerprint density at radius 1 is 1.35 bits per heavy atom. The van der Waals surface area contributed by atoms with Crippen molar-refractivity contribution in [2.75, 3.05) is 13.7 Å². The van der Waals surface area contributed by atoms with Crippen molar-refractivity contribution in [1.82, 2.24) is 19.9 Å². The molecule has 4 rings (SSSR count). The lowest BCUT2D eigenvalue weighted by Crippen LogP contribution is -2.30. The average molecular weight is 312 g/mol. The number of aromatic amines is 1. The molecule has 0 saturated carbocycles. The van der Waals surface area contributed by atoms with Crippen molar-refractivity contribution < 1.29 is 9.13 Å². The molecule has 0 atom stereocenters. The fourth-order valence-electron chi connectivity index (χ4n) is 3.17. The Morgan fingerprint density at radius 3 is 3.13 bits per heavy atom. The number of H-pyrrole nitrogens is 1. The van der Waals surface area contributed by atoms with E-state index in [1.54, 1.807) is 19.4 Å². The number of fused-ring (bicyclic) bond motifs is 3. The van der Waals surface area contributed by atoms with Gasteiger partial charge >= 0.3 is 6.01 Å². The lowest BCUT2D eigenvalue weighted by molar-refractivity contribution is 0.241.